The van der Waals surface area contributed by atoms with E-state index < -0.39 is 6.03 Å². The van der Waals surface area contributed by atoms with Crippen LogP contribution in [0.25, 0.3) is 0 Å². The smallest absolute Gasteiger partial charge is 0.316 e. The Kier molecular flexibility index (Phi) is 3.51. The summed E-state index contributed by atoms with van der Waals surface area (Å²) in [5.41, 5.74) is 7.76. The van der Waals surface area contributed by atoms with Crippen molar-refractivity contribution in [3.05, 3.63) is 48.0 Å². The zero-order chi connectivity index (χ0) is 14.7. The molecular weight excluding hydrogens is 270 g/mol. The van der Waals surface area contributed by atoms with Crippen molar-refractivity contribution in [2.75, 3.05) is 17.4 Å². The molecular formula is C15H15N3O3. The molecule has 1 aliphatic heterocycles. The van der Waals surface area contributed by atoms with Crippen LogP contribution in [0.5, 0.6) is 11.5 Å². The fourth-order valence-electron chi connectivity index (χ4n) is 2.07. The summed E-state index contributed by atoms with van der Waals surface area (Å²) in [6, 6.07) is 12.6. The topological polar surface area (TPSA) is 85.6 Å². The molecule has 0 bridgehead atoms. The minimum atomic E-state index is -0.573. The third-order valence-electron chi connectivity index (χ3n) is 3.09. The molecule has 0 aliphatic carbocycles. The molecule has 0 saturated carbocycles. The van der Waals surface area contributed by atoms with Crippen LogP contribution in [-0.2, 0) is 6.54 Å². The first kappa shape index (κ1) is 13.1. The minimum absolute atomic E-state index is 0.278. The van der Waals surface area contributed by atoms with E-state index in [1.54, 1.807) is 12.1 Å². The number of rotatable bonds is 4. The Morgan fingerprint density at radius 3 is 2.52 bits per heavy atom. The maximum atomic E-state index is 10.7. The number of amides is 2. The fraction of sp³-hybridized carbons (Fsp3) is 0.133. The van der Waals surface area contributed by atoms with Gasteiger partial charge in [0.25, 0.3) is 0 Å². The van der Waals surface area contributed by atoms with E-state index in [1.807, 2.05) is 30.3 Å². The summed E-state index contributed by atoms with van der Waals surface area (Å²) >= 11 is 0. The van der Waals surface area contributed by atoms with Crippen LogP contribution >= 0.6 is 0 Å². The number of carbonyl (C=O) groups excluding carboxylic acids is 1. The summed E-state index contributed by atoms with van der Waals surface area (Å²) in [6.45, 7) is 0.944. The van der Waals surface area contributed by atoms with Gasteiger partial charge in [0.1, 0.15) is 0 Å². The van der Waals surface area contributed by atoms with Crippen LogP contribution in [0.3, 0.4) is 0 Å². The lowest BCUT2D eigenvalue weighted by atomic mass is 10.2. The number of hydrogen-bond acceptors (Lipinski definition) is 4. The molecule has 1 heterocycles. The number of ether oxygens (including phenoxy) is 2. The number of carbonyl (C=O) groups is 1. The molecule has 2 aromatic rings. The van der Waals surface area contributed by atoms with Crippen molar-refractivity contribution in [3.63, 3.8) is 0 Å². The van der Waals surface area contributed by atoms with Crippen molar-refractivity contribution >= 4 is 17.4 Å². The highest BCUT2D eigenvalue weighted by molar-refractivity contribution is 5.87. The van der Waals surface area contributed by atoms with Gasteiger partial charge in [0, 0.05) is 17.9 Å². The molecule has 2 amide bonds. The van der Waals surface area contributed by atoms with Gasteiger partial charge in [-0.25, -0.2) is 4.79 Å². The van der Waals surface area contributed by atoms with Crippen LogP contribution in [0, 0.1) is 0 Å². The standard InChI is InChI=1S/C15H15N3O3/c16-15(19)18-12-4-2-11(3-5-12)17-8-10-1-6-13-14(7-10)21-9-20-13/h1-7,17H,8-9H2,(H3,16,18,19). The summed E-state index contributed by atoms with van der Waals surface area (Å²) < 4.78 is 10.6. The molecule has 0 aromatic heterocycles. The SMILES string of the molecule is NC(=O)Nc1ccc(NCc2ccc3c(c2)OCO3)cc1. The maximum Gasteiger partial charge on any atom is 0.316 e. The van der Waals surface area contributed by atoms with Crippen LogP contribution in [0.15, 0.2) is 42.5 Å². The van der Waals surface area contributed by atoms with Crippen LogP contribution in [0.4, 0.5) is 16.2 Å². The number of nitrogens with two attached hydrogens (primary N) is 1. The van der Waals surface area contributed by atoms with E-state index in [9.17, 15) is 4.79 Å². The van der Waals surface area contributed by atoms with Gasteiger partial charge < -0.3 is 25.8 Å². The van der Waals surface area contributed by atoms with Gasteiger partial charge in [-0.1, -0.05) is 6.07 Å². The van der Waals surface area contributed by atoms with E-state index in [1.165, 1.54) is 0 Å². The molecule has 108 valence electrons. The largest absolute Gasteiger partial charge is 0.454 e. The second-order valence-corrected chi connectivity index (χ2v) is 4.61. The molecule has 21 heavy (non-hydrogen) atoms. The summed E-state index contributed by atoms with van der Waals surface area (Å²) in [6.07, 6.45) is 0. The Labute approximate surface area is 121 Å². The van der Waals surface area contributed by atoms with Gasteiger partial charge >= 0.3 is 6.03 Å². The molecule has 0 fully saturated rings. The second-order valence-electron chi connectivity index (χ2n) is 4.61. The first-order valence-electron chi connectivity index (χ1n) is 6.49. The molecule has 4 N–H and O–H groups in total. The number of nitrogens with one attached hydrogen (secondary N) is 2. The third-order valence-corrected chi connectivity index (χ3v) is 3.09. The summed E-state index contributed by atoms with van der Waals surface area (Å²) in [4.78, 5) is 10.7. The van der Waals surface area contributed by atoms with Gasteiger partial charge in [0.05, 0.1) is 0 Å². The van der Waals surface area contributed by atoms with Crippen molar-refractivity contribution < 1.29 is 14.3 Å². The van der Waals surface area contributed by atoms with Gasteiger partial charge in [-0.15, -0.1) is 0 Å². The molecule has 6 nitrogen and oxygen atoms in total. The predicted octanol–water partition coefficient (Wildman–Crippen LogP) is 2.52. The Morgan fingerprint density at radius 2 is 1.76 bits per heavy atom. The lowest BCUT2D eigenvalue weighted by Gasteiger charge is -2.08. The highest BCUT2D eigenvalue weighted by Crippen LogP contribution is 2.32. The molecule has 0 saturated heterocycles. The average molecular weight is 285 g/mol. The van der Waals surface area contributed by atoms with Gasteiger partial charge in [0.15, 0.2) is 11.5 Å². The number of hydrogen-bond donors (Lipinski definition) is 3. The first-order valence-corrected chi connectivity index (χ1v) is 6.49. The van der Waals surface area contributed by atoms with E-state index in [4.69, 9.17) is 15.2 Å². The van der Waals surface area contributed by atoms with E-state index in [2.05, 4.69) is 10.6 Å². The number of anilines is 2. The monoisotopic (exact) mass is 285 g/mol. The first-order chi connectivity index (χ1) is 10.2. The van der Waals surface area contributed by atoms with Crippen molar-refractivity contribution in [2.24, 2.45) is 5.73 Å². The van der Waals surface area contributed by atoms with Crippen LogP contribution in [0.1, 0.15) is 5.56 Å². The normalized spacial score (nSPS) is 12.0. The Morgan fingerprint density at radius 1 is 1.05 bits per heavy atom. The third kappa shape index (κ3) is 3.17. The van der Waals surface area contributed by atoms with Gasteiger partial charge in [0.2, 0.25) is 6.79 Å². The summed E-state index contributed by atoms with van der Waals surface area (Å²) in [5, 5.41) is 5.81. The fourth-order valence-corrected chi connectivity index (χ4v) is 2.07. The van der Waals surface area contributed by atoms with Gasteiger partial charge in [-0.2, -0.15) is 0 Å². The maximum absolute atomic E-state index is 10.7. The Hall–Kier alpha value is -2.89. The van der Waals surface area contributed by atoms with Crippen molar-refractivity contribution in [2.45, 2.75) is 6.54 Å². The lowest BCUT2D eigenvalue weighted by Crippen LogP contribution is -2.19. The summed E-state index contributed by atoms with van der Waals surface area (Å²) in [7, 11) is 0. The second kappa shape index (κ2) is 5.62. The van der Waals surface area contributed by atoms with Gasteiger partial charge in [-0.3, -0.25) is 0 Å². The van der Waals surface area contributed by atoms with E-state index in [0.717, 1.165) is 22.7 Å². The molecule has 6 heteroatoms. The quantitative estimate of drug-likeness (QED) is 0.805. The molecule has 0 unspecified atom stereocenters. The molecule has 0 atom stereocenters. The van der Waals surface area contributed by atoms with E-state index >= 15 is 0 Å². The highest BCUT2D eigenvalue weighted by Gasteiger charge is 2.12. The van der Waals surface area contributed by atoms with E-state index in [-0.39, 0.29) is 6.79 Å². The van der Waals surface area contributed by atoms with Gasteiger partial charge in [-0.05, 0) is 42.0 Å². The minimum Gasteiger partial charge on any atom is -0.454 e. The molecule has 0 radical (unpaired) electrons. The zero-order valence-corrected chi connectivity index (χ0v) is 11.3. The summed E-state index contributed by atoms with van der Waals surface area (Å²) in [5.74, 6) is 1.55. The molecule has 2 aromatic carbocycles. The van der Waals surface area contributed by atoms with Crippen LogP contribution in [0.2, 0.25) is 0 Å². The van der Waals surface area contributed by atoms with Crippen LogP contribution < -0.4 is 25.8 Å². The number of urea groups is 1. The zero-order valence-electron chi connectivity index (χ0n) is 11.3. The van der Waals surface area contributed by atoms with E-state index in [0.29, 0.717) is 12.2 Å². The molecule has 3 rings (SSSR count). The highest BCUT2D eigenvalue weighted by atomic mass is 16.7. The van der Waals surface area contributed by atoms with Crippen molar-refractivity contribution in [3.8, 4) is 11.5 Å². The Balaban J connectivity index is 1.61. The molecule has 0 spiro atoms. The Bertz CT molecular complexity index is 656. The average Bonchev–Trinajstić information content (AvgIpc) is 2.93. The lowest BCUT2D eigenvalue weighted by molar-refractivity contribution is 0.174. The van der Waals surface area contributed by atoms with Crippen molar-refractivity contribution in [1.82, 2.24) is 0 Å². The number of benzene rings is 2. The molecule has 1 aliphatic rings. The number of primary amides is 1. The van der Waals surface area contributed by atoms with Crippen molar-refractivity contribution in [1.29, 1.82) is 0 Å². The predicted molar refractivity (Wildman–Crippen MR) is 79.5 cm³/mol. The van der Waals surface area contributed by atoms with Crippen LogP contribution in [-0.4, -0.2) is 12.8 Å². The number of fused-ring (bicyclic) bond motifs is 1.